The van der Waals surface area contributed by atoms with Crippen molar-refractivity contribution in [3.63, 3.8) is 0 Å². The standard InChI is InChI=1S/C12H22N6O/c1-8-3-2-4-12(19,6-8)7-15-9-5-10(18-14)17-11(13)16-9/h5,8,19H,2-4,6-7,14H2,1H3,(H4,13,15,16,17,18). The third-order valence-corrected chi connectivity index (χ3v) is 3.56. The van der Waals surface area contributed by atoms with E-state index < -0.39 is 5.60 Å². The molecular weight excluding hydrogens is 244 g/mol. The molecule has 7 nitrogen and oxygen atoms in total. The molecule has 106 valence electrons. The largest absolute Gasteiger partial charge is 0.388 e. The number of aliphatic hydroxyl groups is 1. The lowest BCUT2D eigenvalue weighted by Crippen LogP contribution is -2.41. The fourth-order valence-electron chi connectivity index (χ4n) is 2.68. The molecule has 1 aromatic rings. The summed E-state index contributed by atoms with van der Waals surface area (Å²) in [5.41, 5.74) is 7.33. The van der Waals surface area contributed by atoms with Crippen molar-refractivity contribution < 1.29 is 5.11 Å². The maximum atomic E-state index is 10.5. The first kappa shape index (κ1) is 13.8. The third-order valence-electron chi connectivity index (χ3n) is 3.56. The topological polar surface area (TPSA) is 122 Å². The zero-order valence-corrected chi connectivity index (χ0v) is 11.2. The molecule has 2 rings (SSSR count). The van der Waals surface area contributed by atoms with Crippen molar-refractivity contribution in [3.8, 4) is 0 Å². The summed E-state index contributed by atoms with van der Waals surface area (Å²) >= 11 is 0. The summed E-state index contributed by atoms with van der Waals surface area (Å²) in [5, 5.41) is 13.6. The van der Waals surface area contributed by atoms with Crippen molar-refractivity contribution >= 4 is 17.6 Å². The first-order valence-electron chi connectivity index (χ1n) is 6.58. The van der Waals surface area contributed by atoms with E-state index in [2.05, 4.69) is 27.6 Å². The molecule has 1 aliphatic carbocycles. The monoisotopic (exact) mass is 266 g/mol. The Balaban J connectivity index is 1.99. The Labute approximate surface area is 112 Å². The van der Waals surface area contributed by atoms with Crippen LogP contribution in [0.1, 0.15) is 32.6 Å². The van der Waals surface area contributed by atoms with Crippen LogP contribution in [0.2, 0.25) is 0 Å². The van der Waals surface area contributed by atoms with Crippen LogP contribution in [0, 0.1) is 5.92 Å². The fourth-order valence-corrected chi connectivity index (χ4v) is 2.68. The van der Waals surface area contributed by atoms with Crippen LogP contribution in [-0.4, -0.2) is 27.2 Å². The van der Waals surface area contributed by atoms with Gasteiger partial charge in [0.25, 0.3) is 0 Å². The number of nitrogens with one attached hydrogen (secondary N) is 2. The van der Waals surface area contributed by atoms with Crippen molar-refractivity contribution in [2.45, 2.75) is 38.2 Å². The van der Waals surface area contributed by atoms with Gasteiger partial charge >= 0.3 is 0 Å². The molecule has 2 atom stereocenters. The Morgan fingerprint density at radius 3 is 2.89 bits per heavy atom. The number of anilines is 3. The molecule has 0 saturated heterocycles. The summed E-state index contributed by atoms with van der Waals surface area (Å²) in [4.78, 5) is 7.97. The van der Waals surface area contributed by atoms with Crippen LogP contribution < -0.4 is 22.3 Å². The van der Waals surface area contributed by atoms with Crippen LogP contribution in [0.25, 0.3) is 0 Å². The number of nitrogens with zero attached hydrogens (tertiary/aromatic N) is 2. The third kappa shape index (κ3) is 3.68. The van der Waals surface area contributed by atoms with Crippen molar-refractivity contribution in [1.29, 1.82) is 0 Å². The maximum absolute atomic E-state index is 10.5. The van der Waals surface area contributed by atoms with Gasteiger partial charge in [-0.3, -0.25) is 0 Å². The van der Waals surface area contributed by atoms with Crippen molar-refractivity contribution in [3.05, 3.63) is 6.07 Å². The molecule has 0 aromatic carbocycles. The highest BCUT2D eigenvalue weighted by atomic mass is 16.3. The summed E-state index contributed by atoms with van der Waals surface area (Å²) in [7, 11) is 0. The van der Waals surface area contributed by atoms with E-state index >= 15 is 0 Å². The normalized spacial score (nSPS) is 27.0. The van der Waals surface area contributed by atoms with E-state index in [9.17, 15) is 5.11 Å². The predicted octanol–water partition coefficient (Wildman–Crippen LogP) is 0.698. The second-order valence-electron chi connectivity index (χ2n) is 5.42. The van der Waals surface area contributed by atoms with Gasteiger partial charge in [-0.25, -0.2) is 5.84 Å². The number of rotatable bonds is 4. The zero-order valence-electron chi connectivity index (χ0n) is 11.2. The van der Waals surface area contributed by atoms with E-state index in [1.165, 1.54) is 6.42 Å². The van der Waals surface area contributed by atoms with Crippen molar-refractivity contribution in [1.82, 2.24) is 9.97 Å². The molecule has 0 bridgehead atoms. The number of hydrogen-bond donors (Lipinski definition) is 5. The summed E-state index contributed by atoms with van der Waals surface area (Å²) in [5.74, 6) is 7.00. The lowest BCUT2D eigenvalue weighted by molar-refractivity contribution is -0.000826. The molecular formula is C12H22N6O. The highest BCUT2D eigenvalue weighted by molar-refractivity contribution is 5.50. The van der Waals surface area contributed by atoms with Crippen LogP contribution in [0.4, 0.5) is 17.6 Å². The molecule has 7 N–H and O–H groups in total. The molecule has 0 amide bonds. The van der Waals surface area contributed by atoms with Crippen LogP contribution >= 0.6 is 0 Å². The molecule has 1 fully saturated rings. The van der Waals surface area contributed by atoms with Crippen LogP contribution in [0.3, 0.4) is 0 Å². The summed E-state index contributed by atoms with van der Waals surface area (Å²) in [6.45, 7) is 2.63. The molecule has 1 aromatic heterocycles. The summed E-state index contributed by atoms with van der Waals surface area (Å²) < 4.78 is 0. The Morgan fingerprint density at radius 2 is 2.21 bits per heavy atom. The number of nitrogens with two attached hydrogens (primary N) is 2. The minimum Gasteiger partial charge on any atom is -0.388 e. The molecule has 2 unspecified atom stereocenters. The van der Waals surface area contributed by atoms with Crippen LogP contribution in [0.15, 0.2) is 6.07 Å². The van der Waals surface area contributed by atoms with Gasteiger partial charge < -0.3 is 21.6 Å². The SMILES string of the molecule is CC1CCCC(O)(CNc2cc(NN)nc(N)n2)C1. The average molecular weight is 266 g/mol. The van der Waals surface area contributed by atoms with Gasteiger partial charge in [-0.1, -0.05) is 19.8 Å². The quantitative estimate of drug-likeness (QED) is 0.401. The Hall–Kier alpha value is -1.60. The Bertz CT molecular complexity index is 440. The molecule has 1 saturated carbocycles. The van der Waals surface area contributed by atoms with Gasteiger partial charge in [0.05, 0.1) is 5.60 Å². The first-order chi connectivity index (χ1) is 9.00. The zero-order chi connectivity index (χ0) is 13.9. The minimum atomic E-state index is -0.673. The van der Waals surface area contributed by atoms with Crippen molar-refractivity contribution in [2.75, 3.05) is 23.0 Å². The fraction of sp³-hybridized carbons (Fsp3) is 0.667. The van der Waals surface area contributed by atoms with Crippen LogP contribution in [-0.2, 0) is 0 Å². The smallest absolute Gasteiger partial charge is 0.223 e. The minimum absolute atomic E-state index is 0.141. The average Bonchev–Trinajstić information content (AvgIpc) is 2.35. The van der Waals surface area contributed by atoms with E-state index in [1.807, 2.05) is 0 Å². The lowest BCUT2D eigenvalue weighted by Gasteiger charge is -2.35. The molecule has 19 heavy (non-hydrogen) atoms. The predicted molar refractivity (Wildman–Crippen MR) is 75.3 cm³/mol. The van der Waals surface area contributed by atoms with E-state index in [0.717, 1.165) is 19.3 Å². The molecule has 0 radical (unpaired) electrons. The summed E-state index contributed by atoms with van der Waals surface area (Å²) in [6, 6.07) is 1.66. The maximum Gasteiger partial charge on any atom is 0.223 e. The Morgan fingerprint density at radius 1 is 1.47 bits per heavy atom. The number of hydrazine groups is 1. The molecule has 7 heteroatoms. The number of hydrogen-bond acceptors (Lipinski definition) is 7. The van der Waals surface area contributed by atoms with Gasteiger partial charge in [0.2, 0.25) is 5.95 Å². The van der Waals surface area contributed by atoms with E-state index in [4.69, 9.17) is 11.6 Å². The van der Waals surface area contributed by atoms with E-state index in [0.29, 0.717) is 24.1 Å². The lowest BCUT2D eigenvalue weighted by atomic mass is 9.79. The van der Waals surface area contributed by atoms with E-state index in [1.54, 1.807) is 6.07 Å². The van der Waals surface area contributed by atoms with Gasteiger partial charge in [0.15, 0.2) is 0 Å². The van der Waals surface area contributed by atoms with Gasteiger partial charge in [-0.15, -0.1) is 0 Å². The van der Waals surface area contributed by atoms with Gasteiger partial charge in [0, 0.05) is 12.6 Å². The molecule has 1 aliphatic rings. The number of aromatic nitrogens is 2. The first-order valence-corrected chi connectivity index (χ1v) is 6.58. The van der Waals surface area contributed by atoms with Gasteiger partial charge in [-0.05, 0) is 18.8 Å². The summed E-state index contributed by atoms with van der Waals surface area (Å²) in [6.07, 6.45) is 3.86. The van der Waals surface area contributed by atoms with Gasteiger partial charge in [-0.2, -0.15) is 9.97 Å². The van der Waals surface area contributed by atoms with Gasteiger partial charge in [0.1, 0.15) is 11.6 Å². The van der Waals surface area contributed by atoms with E-state index in [-0.39, 0.29) is 5.95 Å². The molecule has 0 aliphatic heterocycles. The van der Waals surface area contributed by atoms with Crippen LogP contribution in [0.5, 0.6) is 0 Å². The Kier molecular flexibility index (Phi) is 4.06. The highest BCUT2D eigenvalue weighted by Gasteiger charge is 2.32. The second kappa shape index (κ2) is 5.58. The second-order valence-corrected chi connectivity index (χ2v) is 5.42. The highest BCUT2D eigenvalue weighted by Crippen LogP contribution is 2.32. The molecule has 1 heterocycles. The molecule has 0 spiro atoms. The van der Waals surface area contributed by atoms with Crippen molar-refractivity contribution in [2.24, 2.45) is 11.8 Å². The number of nitrogen functional groups attached to an aromatic ring is 2.